The molecule has 0 amide bonds. The lowest BCUT2D eigenvalue weighted by Crippen LogP contribution is -3.08. The molecule has 3 aromatic rings. The van der Waals surface area contributed by atoms with E-state index in [-0.39, 0.29) is 5.92 Å². The van der Waals surface area contributed by atoms with Crippen LogP contribution in [0.3, 0.4) is 0 Å². The van der Waals surface area contributed by atoms with Gasteiger partial charge in [0.2, 0.25) is 0 Å². The van der Waals surface area contributed by atoms with Crippen molar-refractivity contribution in [2.75, 3.05) is 24.5 Å². The van der Waals surface area contributed by atoms with E-state index in [2.05, 4.69) is 118 Å². The average molecular weight is 576 g/mol. The van der Waals surface area contributed by atoms with Gasteiger partial charge in [0.05, 0.1) is 6.54 Å². The summed E-state index contributed by atoms with van der Waals surface area (Å²) in [6, 6.07) is 25.6. The van der Waals surface area contributed by atoms with Crippen molar-refractivity contribution in [3.63, 3.8) is 0 Å². The van der Waals surface area contributed by atoms with Crippen LogP contribution in [0.1, 0.15) is 62.3 Å². The van der Waals surface area contributed by atoms with Gasteiger partial charge < -0.3 is 10.0 Å². The van der Waals surface area contributed by atoms with E-state index < -0.39 is 0 Å². The molecule has 3 unspecified atom stereocenters. The van der Waals surface area contributed by atoms with E-state index >= 15 is 0 Å². The first-order valence-corrected chi connectivity index (χ1v) is 15.8. The number of hydrogen-bond donors (Lipinski definition) is 2. The van der Waals surface area contributed by atoms with Crippen molar-refractivity contribution in [1.82, 2.24) is 0 Å². The van der Waals surface area contributed by atoms with Crippen LogP contribution in [0.25, 0.3) is 0 Å². The Kier molecular flexibility index (Phi) is 13.3. The standard InChI is InChI=1S/C38H44N2O.C2H6/c1-6-11-30(7-2)27-39(8-3)35-20-14-32(15-21-35)38(34-18-24-37(41)25-19-34)33-16-22-36(23-17-33)40(9-4)28-31-13-10-12-29(5)26-31;1-2/h6-7,10-16,18-26,33,38,41H,1-2,8-9,17,27-28H2,3-5H3;1-2H3/p+1/b30-11+;. The van der Waals surface area contributed by atoms with Crippen LogP contribution in [-0.4, -0.2) is 24.7 Å². The highest BCUT2D eigenvalue weighted by atomic mass is 16.3. The normalized spacial score (nSPS) is 15.9. The molecule has 1 aliphatic rings. The number of phenols is 1. The Bertz CT molecular complexity index is 1400. The average Bonchev–Trinajstić information content (AvgIpc) is 3.05. The van der Waals surface area contributed by atoms with Crippen molar-refractivity contribution in [1.29, 1.82) is 0 Å². The zero-order chi connectivity index (χ0) is 31.2. The molecule has 3 aromatic carbocycles. The highest BCUT2D eigenvalue weighted by Gasteiger charge is 2.26. The minimum Gasteiger partial charge on any atom is -0.508 e. The summed E-state index contributed by atoms with van der Waals surface area (Å²) < 4.78 is 0. The maximum atomic E-state index is 9.99. The lowest BCUT2D eigenvalue weighted by atomic mass is 9.77. The number of benzene rings is 3. The number of hydrogen-bond acceptors (Lipinski definition) is 2. The Morgan fingerprint density at radius 2 is 1.67 bits per heavy atom. The van der Waals surface area contributed by atoms with E-state index in [9.17, 15) is 5.11 Å². The highest BCUT2D eigenvalue weighted by molar-refractivity contribution is 5.51. The third-order valence-electron chi connectivity index (χ3n) is 8.11. The van der Waals surface area contributed by atoms with Gasteiger partial charge in [0.1, 0.15) is 18.0 Å². The molecule has 0 radical (unpaired) electrons. The third-order valence-corrected chi connectivity index (χ3v) is 8.11. The molecule has 3 nitrogen and oxygen atoms in total. The van der Waals surface area contributed by atoms with Crippen molar-refractivity contribution < 1.29 is 10.0 Å². The van der Waals surface area contributed by atoms with Crippen LogP contribution >= 0.6 is 0 Å². The van der Waals surface area contributed by atoms with E-state index in [4.69, 9.17) is 0 Å². The largest absolute Gasteiger partial charge is 0.508 e. The summed E-state index contributed by atoms with van der Waals surface area (Å²) in [6.07, 6.45) is 13.9. The molecule has 0 fully saturated rings. The summed E-state index contributed by atoms with van der Waals surface area (Å²) in [4.78, 5) is 3.84. The van der Waals surface area contributed by atoms with Gasteiger partial charge in [-0.05, 0) is 86.2 Å². The lowest BCUT2D eigenvalue weighted by Gasteiger charge is -2.29. The summed E-state index contributed by atoms with van der Waals surface area (Å²) >= 11 is 0. The fourth-order valence-electron chi connectivity index (χ4n) is 5.85. The van der Waals surface area contributed by atoms with E-state index in [1.54, 1.807) is 12.1 Å². The quantitative estimate of drug-likeness (QED) is 0.200. The monoisotopic (exact) mass is 575 g/mol. The first kappa shape index (κ1) is 33.4. The number of phenolic OH excluding ortho intramolecular Hbond substituents is 1. The van der Waals surface area contributed by atoms with E-state index in [1.165, 1.54) is 38.5 Å². The Balaban J connectivity index is 0.00000248. The molecular weight excluding hydrogens is 524 g/mol. The first-order chi connectivity index (χ1) is 20.9. The van der Waals surface area contributed by atoms with Gasteiger partial charge in [0, 0.05) is 30.3 Å². The second-order valence-electron chi connectivity index (χ2n) is 10.9. The van der Waals surface area contributed by atoms with Crippen LogP contribution in [-0.2, 0) is 6.54 Å². The van der Waals surface area contributed by atoms with Gasteiger partial charge in [0.25, 0.3) is 0 Å². The van der Waals surface area contributed by atoms with E-state index in [0.717, 1.165) is 38.2 Å². The zero-order valence-electron chi connectivity index (χ0n) is 26.9. The lowest BCUT2D eigenvalue weighted by molar-refractivity contribution is -0.870. The van der Waals surface area contributed by atoms with Gasteiger partial charge in [-0.3, -0.25) is 4.90 Å². The summed E-state index contributed by atoms with van der Waals surface area (Å²) in [5, 5.41) is 9.99. The van der Waals surface area contributed by atoms with Gasteiger partial charge in [-0.1, -0.05) is 105 Å². The van der Waals surface area contributed by atoms with Crippen molar-refractivity contribution in [3.05, 3.63) is 156 Å². The van der Waals surface area contributed by atoms with Gasteiger partial charge >= 0.3 is 0 Å². The predicted octanol–water partition coefficient (Wildman–Crippen LogP) is 8.55. The number of nitrogens with one attached hydrogen (secondary N) is 1. The molecule has 3 heteroatoms. The SMILES string of the molecule is C=C/C=C(\C=C)CN(CC)c1ccc(C(c2ccc(O)cc2)C2C=CC([NH+](CC)Cc3cccc(C)c3)=CC2)cc1.CC. The number of anilines is 1. The fraction of sp³-hybridized carbons (Fsp3) is 0.300. The first-order valence-electron chi connectivity index (χ1n) is 15.8. The topological polar surface area (TPSA) is 27.9 Å². The molecule has 0 spiro atoms. The van der Waals surface area contributed by atoms with Crippen LogP contribution in [0.5, 0.6) is 5.75 Å². The molecule has 4 rings (SSSR count). The molecule has 1 aliphatic carbocycles. The third kappa shape index (κ3) is 9.20. The molecule has 0 bridgehead atoms. The van der Waals surface area contributed by atoms with Crippen molar-refractivity contribution in [2.45, 2.75) is 53.5 Å². The van der Waals surface area contributed by atoms with Crippen LogP contribution in [0.15, 0.2) is 134 Å². The Hall–Kier alpha value is -4.08. The van der Waals surface area contributed by atoms with Gasteiger partial charge in [-0.2, -0.15) is 0 Å². The van der Waals surface area contributed by atoms with Gasteiger partial charge in [-0.15, -0.1) is 0 Å². The Morgan fingerprint density at radius 3 is 2.21 bits per heavy atom. The molecule has 43 heavy (non-hydrogen) atoms. The minimum absolute atomic E-state index is 0.194. The number of quaternary nitrogens is 1. The number of aryl methyl sites for hydroxylation is 1. The molecule has 226 valence electrons. The minimum atomic E-state index is 0.194. The second-order valence-corrected chi connectivity index (χ2v) is 10.9. The van der Waals surface area contributed by atoms with Gasteiger partial charge in [0.15, 0.2) is 0 Å². The summed E-state index contributed by atoms with van der Waals surface area (Å²) in [5.41, 5.74) is 8.90. The summed E-state index contributed by atoms with van der Waals surface area (Å²) in [6.45, 7) is 22.1. The molecule has 2 N–H and O–H groups in total. The van der Waals surface area contributed by atoms with E-state index in [1.807, 2.05) is 32.1 Å². The van der Waals surface area contributed by atoms with Crippen LogP contribution in [0, 0.1) is 12.8 Å². The molecule has 0 saturated heterocycles. The predicted molar refractivity (Wildman–Crippen MR) is 186 cm³/mol. The number of nitrogens with zero attached hydrogens (tertiary/aromatic N) is 1. The van der Waals surface area contributed by atoms with E-state index in [0.29, 0.717) is 11.7 Å². The highest BCUT2D eigenvalue weighted by Crippen LogP contribution is 2.38. The fourth-order valence-corrected chi connectivity index (χ4v) is 5.85. The molecule has 0 saturated carbocycles. The second kappa shape index (κ2) is 17.1. The number of likely N-dealkylation sites (N-methyl/N-ethyl adjacent to an activating group) is 2. The number of aromatic hydroxyl groups is 1. The number of rotatable bonds is 13. The van der Waals surface area contributed by atoms with Crippen LogP contribution in [0.2, 0.25) is 0 Å². The van der Waals surface area contributed by atoms with Gasteiger partial charge in [-0.25, -0.2) is 0 Å². The summed E-state index contributed by atoms with van der Waals surface area (Å²) in [7, 11) is 0. The summed E-state index contributed by atoms with van der Waals surface area (Å²) in [5.74, 6) is 0.822. The van der Waals surface area contributed by atoms with Crippen molar-refractivity contribution in [2.24, 2.45) is 5.92 Å². The molecule has 3 atom stereocenters. The zero-order valence-corrected chi connectivity index (χ0v) is 26.9. The Labute approximate surface area is 260 Å². The maximum Gasteiger partial charge on any atom is 0.127 e. The Morgan fingerprint density at radius 1 is 1.00 bits per heavy atom. The number of allylic oxidation sites excluding steroid dienone is 5. The molecule has 0 aliphatic heterocycles. The van der Waals surface area contributed by atoms with Crippen molar-refractivity contribution in [3.8, 4) is 5.75 Å². The smallest absolute Gasteiger partial charge is 0.127 e. The van der Waals surface area contributed by atoms with Crippen LogP contribution < -0.4 is 9.80 Å². The molecular formula is C40H51N2O+. The molecule has 0 heterocycles. The molecule has 0 aromatic heterocycles. The van der Waals surface area contributed by atoms with Crippen molar-refractivity contribution >= 4 is 5.69 Å². The maximum absolute atomic E-state index is 9.99. The van der Waals surface area contributed by atoms with Crippen LogP contribution in [0.4, 0.5) is 5.69 Å².